The fourth-order valence-corrected chi connectivity index (χ4v) is 2.77. The molecule has 0 saturated heterocycles. The summed E-state index contributed by atoms with van der Waals surface area (Å²) in [6.45, 7) is 5.25. The van der Waals surface area contributed by atoms with E-state index in [1.807, 2.05) is 0 Å². The smallest absolute Gasteiger partial charge is 0.252 e. The third kappa shape index (κ3) is 4.11. The summed E-state index contributed by atoms with van der Waals surface area (Å²) in [5, 5.41) is -0.613. The molecule has 17 heavy (non-hydrogen) atoms. The van der Waals surface area contributed by atoms with E-state index in [2.05, 4.69) is 4.72 Å². The summed E-state index contributed by atoms with van der Waals surface area (Å²) in [5.74, 6) is 0. The predicted molar refractivity (Wildman–Crippen MR) is 66.7 cm³/mol. The van der Waals surface area contributed by atoms with Gasteiger partial charge >= 0.3 is 0 Å². The number of sulfonamides is 1. The SMILES string of the molecule is CC(C)(C)NS(=O)(=O)c1ccc(C(=O)Cl)cc1. The molecule has 0 bridgehead atoms. The standard InChI is InChI=1S/C11H14ClNO3S/c1-11(2,3)13-17(15,16)9-6-4-8(5-7-9)10(12)14/h4-7,13H,1-3H3. The Hall–Kier alpha value is -0.910. The number of nitrogens with one attached hydrogen (secondary N) is 1. The summed E-state index contributed by atoms with van der Waals surface area (Å²) in [7, 11) is -3.56. The van der Waals surface area contributed by atoms with Crippen LogP contribution in [-0.2, 0) is 10.0 Å². The van der Waals surface area contributed by atoms with Crippen LogP contribution in [-0.4, -0.2) is 19.2 Å². The van der Waals surface area contributed by atoms with Crippen LogP contribution in [0.4, 0.5) is 0 Å². The highest BCUT2D eigenvalue weighted by Gasteiger charge is 2.21. The molecule has 0 unspecified atom stereocenters. The first-order chi connectivity index (χ1) is 7.62. The van der Waals surface area contributed by atoms with Crippen molar-refractivity contribution in [1.29, 1.82) is 0 Å². The molecule has 1 aromatic rings. The lowest BCUT2D eigenvalue weighted by Gasteiger charge is -2.20. The Balaban J connectivity index is 3.05. The van der Waals surface area contributed by atoms with Gasteiger partial charge in [0.25, 0.3) is 5.24 Å². The van der Waals surface area contributed by atoms with E-state index in [0.29, 0.717) is 0 Å². The lowest BCUT2D eigenvalue weighted by atomic mass is 10.1. The number of hydrogen-bond acceptors (Lipinski definition) is 3. The van der Waals surface area contributed by atoms with Crippen molar-refractivity contribution in [3.8, 4) is 0 Å². The first kappa shape index (κ1) is 14.2. The van der Waals surface area contributed by atoms with Crippen LogP contribution in [0.1, 0.15) is 31.1 Å². The van der Waals surface area contributed by atoms with Gasteiger partial charge in [-0.3, -0.25) is 4.79 Å². The average Bonchev–Trinajstić information content (AvgIpc) is 2.14. The molecule has 94 valence electrons. The molecule has 0 spiro atoms. The Morgan fingerprint density at radius 3 is 2.00 bits per heavy atom. The van der Waals surface area contributed by atoms with Crippen molar-refractivity contribution in [3.63, 3.8) is 0 Å². The molecule has 4 nitrogen and oxygen atoms in total. The summed E-state index contributed by atoms with van der Waals surface area (Å²) < 4.78 is 26.3. The molecule has 0 aliphatic carbocycles. The van der Waals surface area contributed by atoms with Crippen LogP contribution in [0.3, 0.4) is 0 Å². The monoisotopic (exact) mass is 275 g/mol. The van der Waals surface area contributed by atoms with Gasteiger partial charge in [0, 0.05) is 11.1 Å². The van der Waals surface area contributed by atoms with E-state index in [4.69, 9.17) is 11.6 Å². The third-order valence-corrected chi connectivity index (χ3v) is 3.82. The van der Waals surface area contributed by atoms with Crippen molar-refractivity contribution >= 4 is 26.9 Å². The minimum atomic E-state index is -3.56. The number of carbonyl (C=O) groups is 1. The first-order valence-corrected chi connectivity index (χ1v) is 6.82. The zero-order valence-corrected chi connectivity index (χ0v) is 11.4. The summed E-state index contributed by atoms with van der Waals surface area (Å²) in [4.78, 5) is 10.9. The predicted octanol–water partition coefficient (Wildman–Crippen LogP) is 2.14. The molecular formula is C11H14ClNO3S. The lowest BCUT2D eigenvalue weighted by Crippen LogP contribution is -2.40. The summed E-state index contributed by atoms with van der Waals surface area (Å²) >= 11 is 5.27. The highest BCUT2D eigenvalue weighted by Crippen LogP contribution is 2.14. The molecule has 1 aromatic carbocycles. The van der Waals surface area contributed by atoms with E-state index in [0.717, 1.165) is 0 Å². The Morgan fingerprint density at radius 2 is 1.65 bits per heavy atom. The Bertz CT molecular complexity index is 515. The number of hydrogen-bond donors (Lipinski definition) is 1. The zero-order chi connectivity index (χ0) is 13.3. The van der Waals surface area contributed by atoms with E-state index in [9.17, 15) is 13.2 Å². The van der Waals surface area contributed by atoms with E-state index in [1.165, 1.54) is 24.3 Å². The molecule has 1 N–H and O–H groups in total. The largest absolute Gasteiger partial charge is 0.276 e. The van der Waals surface area contributed by atoms with Gasteiger partial charge in [-0.1, -0.05) is 0 Å². The van der Waals surface area contributed by atoms with Crippen molar-refractivity contribution in [3.05, 3.63) is 29.8 Å². The van der Waals surface area contributed by atoms with Gasteiger partial charge in [-0.25, -0.2) is 13.1 Å². The molecule has 1 rings (SSSR count). The van der Waals surface area contributed by atoms with Crippen LogP contribution < -0.4 is 4.72 Å². The van der Waals surface area contributed by atoms with Gasteiger partial charge in [0.2, 0.25) is 10.0 Å². The molecule has 0 atom stereocenters. The molecule has 0 fully saturated rings. The van der Waals surface area contributed by atoms with E-state index in [1.54, 1.807) is 20.8 Å². The third-order valence-electron chi connectivity index (χ3n) is 1.83. The van der Waals surface area contributed by atoms with E-state index >= 15 is 0 Å². The molecule has 0 saturated carbocycles. The minimum absolute atomic E-state index is 0.106. The summed E-state index contributed by atoms with van der Waals surface area (Å²) in [6, 6.07) is 5.46. The van der Waals surface area contributed by atoms with Crippen LogP contribution >= 0.6 is 11.6 Å². The van der Waals surface area contributed by atoms with Crippen molar-refractivity contribution in [2.45, 2.75) is 31.2 Å². The van der Waals surface area contributed by atoms with Gasteiger partial charge in [-0.2, -0.15) is 0 Å². The maximum atomic E-state index is 11.9. The maximum Gasteiger partial charge on any atom is 0.252 e. The molecular weight excluding hydrogens is 262 g/mol. The highest BCUT2D eigenvalue weighted by molar-refractivity contribution is 7.89. The molecule has 0 aliphatic heterocycles. The average molecular weight is 276 g/mol. The molecule has 0 aliphatic rings. The fourth-order valence-electron chi connectivity index (χ4n) is 1.23. The molecule has 0 radical (unpaired) electrons. The van der Waals surface area contributed by atoms with Gasteiger partial charge in [-0.15, -0.1) is 0 Å². The normalized spacial score (nSPS) is 12.5. The number of benzene rings is 1. The number of carbonyl (C=O) groups excluding carboxylic acids is 1. The number of rotatable bonds is 3. The number of halogens is 1. The van der Waals surface area contributed by atoms with Crippen molar-refractivity contribution in [2.24, 2.45) is 0 Å². The van der Waals surface area contributed by atoms with Gasteiger partial charge in [0.05, 0.1) is 4.90 Å². The van der Waals surface area contributed by atoms with Crippen LogP contribution in [0.5, 0.6) is 0 Å². The Kier molecular flexibility index (Phi) is 3.96. The quantitative estimate of drug-likeness (QED) is 0.860. The second-order valence-electron chi connectivity index (χ2n) is 4.65. The van der Waals surface area contributed by atoms with Gasteiger partial charge < -0.3 is 0 Å². The fraction of sp³-hybridized carbons (Fsp3) is 0.364. The molecule has 0 heterocycles. The Morgan fingerprint density at radius 1 is 1.18 bits per heavy atom. The zero-order valence-electron chi connectivity index (χ0n) is 9.82. The van der Waals surface area contributed by atoms with Crippen molar-refractivity contribution in [1.82, 2.24) is 4.72 Å². The summed E-state index contributed by atoms with van der Waals surface area (Å²) in [6.07, 6.45) is 0. The van der Waals surface area contributed by atoms with Crippen LogP contribution in [0, 0.1) is 0 Å². The van der Waals surface area contributed by atoms with E-state index in [-0.39, 0.29) is 10.5 Å². The van der Waals surface area contributed by atoms with Crippen LogP contribution in [0.25, 0.3) is 0 Å². The molecule has 0 aromatic heterocycles. The van der Waals surface area contributed by atoms with Crippen molar-refractivity contribution < 1.29 is 13.2 Å². The van der Waals surface area contributed by atoms with Gasteiger partial charge in [0.1, 0.15) is 0 Å². The Labute approximate surface area is 106 Å². The van der Waals surface area contributed by atoms with Gasteiger partial charge in [0.15, 0.2) is 0 Å². The molecule has 0 amide bonds. The van der Waals surface area contributed by atoms with Crippen molar-refractivity contribution in [2.75, 3.05) is 0 Å². The van der Waals surface area contributed by atoms with Gasteiger partial charge in [-0.05, 0) is 56.6 Å². The van der Waals surface area contributed by atoms with E-state index < -0.39 is 20.8 Å². The molecule has 6 heteroatoms. The minimum Gasteiger partial charge on any atom is -0.276 e. The van der Waals surface area contributed by atoms with Crippen LogP contribution in [0.2, 0.25) is 0 Å². The second-order valence-corrected chi connectivity index (χ2v) is 6.68. The second kappa shape index (κ2) is 4.76. The maximum absolute atomic E-state index is 11.9. The first-order valence-electron chi connectivity index (χ1n) is 4.96. The topological polar surface area (TPSA) is 63.2 Å². The lowest BCUT2D eigenvalue weighted by molar-refractivity contribution is 0.108. The highest BCUT2D eigenvalue weighted by atomic mass is 35.5. The van der Waals surface area contributed by atoms with Crippen LogP contribution in [0.15, 0.2) is 29.2 Å². The summed E-state index contributed by atoms with van der Waals surface area (Å²) in [5.41, 5.74) is -0.291.